The van der Waals surface area contributed by atoms with Crippen LogP contribution in [0.4, 0.5) is 4.39 Å². The van der Waals surface area contributed by atoms with E-state index < -0.39 is 15.8 Å². The van der Waals surface area contributed by atoms with Gasteiger partial charge in [-0.05, 0) is 26.0 Å². The molecule has 1 rings (SSSR count). The molecule has 0 bridgehead atoms. The highest BCUT2D eigenvalue weighted by Crippen LogP contribution is 2.16. The van der Waals surface area contributed by atoms with E-state index in [9.17, 15) is 12.8 Å². The molecule has 0 aliphatic heterocycles. The van der Waals surface area contributed by atoms with E-state index in [4.69, 9.17) is 4.74 Å². The van der Waals surface area contributed by atoms with Crippen LogP contribution in [0.2, 0.25) is 0 Å². The van der Waals surface area contributed by atoms with Crippen LogP contribution in [-0.2, 0) is 10.0 Å². The number of halogens is 2. The van der Waals surface area contributed by atoms with Crippen LogP contribution in [0.1, 0.15) is 13.8 Å². The number of aliphatic imine (C=N–C) groups is 1. The zero-order chi connectivity index (χ0) is 18.0. The second-order valence-corrected chi connectivity index (χ2v) is 7.13. The zero-order valence-electron chi connectivity index (χ0n) is 14.6. The average Bonchev–Trinajstić information content (AvgIpc) is 2.56. The van der Waals surface area contributed by atoms with Crippen molar-refractivity contribution in [1.82, 2.24) is 15.4 Å². The third-order valence-corrected chi connectivity index (χ3v) is 4.47. The van der Waals surface area contributed by atoms with Crippen molar-refractivity contribution in [3.8, 4) is 5.75 Å². The molecule has 0 saturated carbocycles. The van der Waals surface area contributed by atoms with Crippen molar-refractivity contribution in [3.05, 3.63) is 30.1 Å². The number of ether oxygens (including phenoxy) is 1. The fraction of sp³-hybridized carbons (Fsp3) is 0.533. The van der Waals surface area contributed by atoms with Gasteiger partial charge in [0.25, 0.3) is 0 Å². The monoisotopic (exact) mass is 488 g/mol. The highest BCUT2D eigenvalue weighted by molar-refractivity contribution is 14.0. The normalized spacial score (nSPS) is 12.9. The van der Waals surface area contributed by atoms with Gasteiger partial charge in [0, 0.05) is 20.1 Å². The van der Waals surface area contributed by atoms with E-state index in [-0.39, 0.29) is 48.1 Å². The van der Waals surface area contributed by atoms with E-state index in [0.717, 1.165) is 0 Å². The summed E-state index contributed by atoms with van der Waals surface area (Å²) in [5.41, 5.74) is 0. The van der Waals surface area contributed by atoms with Gasteiger partial charge >= 0.3 is 0 Å². The van der Waals surface area contributed by atoms with E-state index in [1.807, 2.05) is 6.92 Å². The molecule has 0 radical (unpaired) electrons. The second-order valence-electron chi connectivity index (χ2n) is 5.04. The number of para-hydroxylation sites is 1. The summed E-state index contributed by atoms with van der Waals surface area (Å²) in [5, 5.41) is 6.01. The van der Waals surface area contributed by atoms with Gasteiger partial charge in [0.1, 0.15) is 6.10 Å². The molecule has 1 aromatic carbocycles. The third-order valence-electron chi connectivity index (χ3n) is 3.06. The van der Waals surface area contributed by atoms with Crippen molar-refractivity contribution in [2.45, 2.75) is 20.0 Å². The minimum absolute atomic E-state index is 0. The predicted molar refractivity (Wildman–Crippen MR) is 109 cm³/mol. The first kappa shape index (κ1) is 23.9. The summed E-state index contributed by atoms with van der Waals surface area (Å²) in [7, 11) is -1.59. The van der Waals surface area contributed by atoms with Gasteiger partial charge in [0.15, 0.2) is 17.5 Å². The Hall–Kier alpha value is -1.14. The SMILES string of the molecule is CCS(=O)(=O)NCCNC(=NC)NCC(C)Oc1ccccc1F.I. The van der Waals surface area contributed by atoms with Gasteiger partial charge in [-0.3, -0.25) is 4.99 Å². The molecule has 3 N–H and O–H groups in total. The third kappa shape index (κ3) is 9.80. The predicted octanol–water partition coefficient (Wildman–Crippen LogP) is 1.32. The lowest BCUT2D eigenvalue weighted by molar-refractivity contribution is 0.214. The van der Waals surface area contributed by atoms with Crippen molar-refractivity contribution >= 4 is 40.0 Å². The molecule has 0 saturated heterocycles. The Morgan fingerprint density at radius 2 is 1.96 bits per heavy atom. The minimum atomic E-state index is -3.19. The summed E-state index contributed by atoms with van der Waals surface area (Å²) >= 11 is 0. The van der Waals surface area contributed by atoms with Crippen molar-refractivity contribution in [1.29, 1.82) is 0 Å². The molecule has 144 valence electrons. The Bertz CT molecular complexity index is 643. The molecule has 25 heavy (non-hydrogen) atoms. The maximum absolute atomic E-state index is 13.5. The maximum Gasteiger partial charge on any atom is 0.211 e. The summed E-state index contributed by atoms with van der Waals surface area (Å²) in [6.45, 7) is 4.45. The van der Waals surface area contributed by atoms with E-state index in [0.29, 0.717) is 19.0 Å². The first-order valence-corrected chi connectivity index (χ1v) is 9.36. The van der Waals surface area contributed by atoms with Gasteiger partial charge in [-0.1, -0.05) is 12.1 Å². The summed E-state index contributed by atoms with van der Waals surface area (Å²) < 4.78 is 44.1. The summed E-state index contributed by atoms with van der Waals surface area (Å²) in [5.74, 6) is 0.346. The van der Waals surface area contributed by atoms with Crippen LogP contribution < -0.4 is 20.1 Å². The largest absolute Gasteiger partial charge is 0.486 e. The van der Waals surface area contributed by atoms with Crippen LogP contribution in [0.25, 0.3) is 0 Å². The number of benzene rings is 1. The van der Waals surface area contributed by atoms with Gasteiger partial charge in [0.05, 0.1) is 12.3 Å². The average molecular weight is 488 g/mol. The van der Waals surface area contributed by atoms with Crippen LogP contribution in [0, 0.1) is 5.82 Å². The van der Waals surface area contributed by atoms with Gasteiger partial charge in [0.2, 0.25) is 10.0 Å². The molecular weight excluding hydrogens is 462 g/mol. The number of nitrogens with zero attached hydrogens (tertiary/aromatic N) is 1. The number of guanidine groups is 1. The Morgan fingerprint density at radius 3 is 2.56 bits per heavy atom. The standard InChI is InChI=1S/C15H25FN4O3S.HI/c1-4-24(21,22)20-10-9-18-15(17-3)19-11-12(2)23-14-8-6-5-7-13(14)16;/h5-8,12,20H,4,9-11H2,1-3H3,(H2,17,18,19);1H. The minimum Gasteiger partial charge on any atom is -0.486 e. The number of sulfonamides is 1. The number of rotatable bonds is 9. The Balaban J connectivity index is 0.00000576. The fourth-order valence-corrected chi connectivity index (χ4v) is 2.37. The fourth-order valence-electron chi connectivity index (χ4n) is 1.75. The Labute approximate surface area is 165 Å². The van der Waals surface area contributed by atoms with E-state index in [1.165, 1.54) is 6.07 Å². The van der Waals surface area contributed by atoms with Crippen molar-refractivity contribution in [3.63, 3.8) is 0 Å². The number of nitrogens with one attached hydrogen (secondary N) is 3. The zero-order valence-corrected chi connectivity index (χ0v) is 17.7. The van der Waals surface area contributed by atoms with Gasteiger partial charge in [-0.2, -0.15) is 0 Å². The molecule has 0 aliphatic rings. The second kappa shape index (κ2) is 12.3. The molecule has 0 amide bonds. The Morgan fingerprint density at radius 1 is 1.28 bits per heavy atom. The smallest absolute Gasteiger partial charge is 0.211 e. The van der Waals surface area contributed by atoms with Crippen LogP contribution in [-0.4, -0.2) is 52.9 Å². The van der Waals surface area contributed by atoms with E-state index in [1.54, 1.807) is 32.2 Å². The summed E-state index contributed by atoms with van der Waals surface area (Å²) in [6.07, 6.45) is -0.279. The highest BCUT2D eigenvalue weighted by atomic mass is 127. The molecule has 1 atom stereocenters. The van der Waals surface area contributed by atoms with Gasteiger partial charge < -0.3 is 15.4 Å². The lowest BCUT2D eigenvalue weighted by Crippen LogP contribution is -2.44. The highest BCUT2D eigenvalue weighted by Gasteiger charge is 2.09. The molecule has 1 aromatic rings. The van der Waals surface area contributed by atoms with Crippen molar-refractivity contribution < 1.29 is 17.5 Å². The molecular formula is C15H26FIN4O3S. The lowest BCUT2D eigenvalue weighted by Gasteiger charge is -2.18. The molecule has 0 aliphatic carbocycles. The van der Waals surface area contributed by atoms with Crippen LogP contribution >= 0.6 is 24.0 Å². The van der Waals surface area contributed by atoms with Gasteiger partial charge in [-0.25, -0.2) is 17.5 Å². The van der Waals surface area contributed by atoms with Crippen LogP contribution in [0.5, 0.6) is 5.75 Å². The van der Waals surface area contributed by atoms with Crippen molar-refractivity contribution in [2.24, 2.45) is 4.99 Å². The number of hydrogen-bond acceptors (Lipinski definition) is 4. The first-order valence-electron chi connectivity index (χ1n) is 7.71. The molecule has 0 spiro atoms. The Kier molecular flexibility index (Phi) is 11.7. The first-order chi connectivity index (χ1) is 11.4. The molecule has 7 nitrogen and oxygen atoms in total. The molecule has 0 fully saturated rings. The molecule has 0 aromatic heterocycles. The van der Waals surface area contributed by atoms with Crippen LogP contribution in [0.3, 0.4) is 0 Å². The lowest BCUT2D eigenvalue weighted by atomic mass is 10.3. The van der Waals surface area contributed by atoms with Crippen molar-refractivity contribution in [2.75, 3.05) is 32.4 Å². The number of hydrogen-bond donors (Lipinski definition) is 3. The summed E-state index contributed by atoms with van der Waals surface area (Å²) in [6, 6.07) is 6.21. The van der Waals surface area contributed by atoms with Gasteiger partial charge in [-0.15, -0.1) is 24.0 Å². The molecule has 10 heteroatoms. The quantitative estimate of drug-likeness (QED) is 0.211. The summed E-state index contributed by atoms with van der Waals surface area (Å²) in [4.78, 5) is 4.03. The maximum atomic E-state index is 13.5. The molecule has 1 unspecified atom stereocenters. The van der Waals surface area contributed by atoms with Crippen LogP contribution in [0.15, 0.2) is 29.3 Å². The molecule has 0 heterocycles. The van der Waals surface area contributed by atoms with E-state index in [2.05, 4.69) is 20.3 Å². The van der Waals surface area contributed by atoms with E-state index >= 15 is 0 Å². The topological polar surface area (TPSA) is 91.8 Å².